The molecule has 0 aliphatic carbocycles. The van der Waals surface area contributed by atoms with Crippen molar-refractivity contribution in [3.05, 3.63) is 24.3 Å². The molecular formula is C19H33N3O3+2. The van der Waals surface area contributed by atoms with Crippen molar-refractivity contribution in [3.63, 3.8) is 0 Å². The predicted octanol–water partition coefficient (Wildman–Crippen LogP) is -0.912. The van der Waals surface area contributed by atoms with Crippen molar-refractivity contribution in [1.82, 2.24) is 0 Å². The molecule has 6 nitrogen and oxygen atoms in total. The van der Waals surface area contributed by atoms with Crippen LogP contribution >= 0.6 is 0 Å². The maximum atomic E-state index is 12.2. The van der Waals surface area contributed by atoms with E-state index in [9.17, 15) is 4.79 Å². The van der Waals surface area contributed by atoms with Gasteiger partial charge in [-0.1, -0.05) is 13.8 Å². The Balaban J connectivity index is 1.74. The van der Waals surface area contributed by atoms with Crippen LogP contribution in [0.15, 0.2) is 24.3 Å². The van der Waals surface area contributed by atoms with E-state index in [1.165, 1.54) is 11.4 Å². The Labute approximate surface area is 151 Å². The molecule has 3 N–H and O–H groups in total. The average Bonchev–Trinajstić information content (AvgIpc) is 2.55. The highest BCUT2D eigenvalue weighted by atomic mass is 16.5. The van der Waals surface area contributed by atoms with Crippen molar-refractivity contribution in [2.24, 2.45) is 5.92 Å². The zero-order valence-electron chi connectivity index (χ0n) is 15.9. The minimum Gasteiger partial charge on any atom is -0.497 e. The fourth-order valence-electron chi connectivity index (χ4n) is 3.36. The number of nitrogens with one attached hydrogen (secondary N) is 3. The van der Waals surface area contributed by atoms with Gasteiger partial charge < -0.3 is 24.6 Å². The van der Waals surface area contributed by atoms with Crippen LogP contribution in [0.5, 0.6) is 5.75 Å². The summed E-state index contributed by atoms with van der Waals surface area (Å²) in [5.41, 5.74) is 0.792. The van der Waals surface area contributed by atoms with Crippen molar-refractivity contribution in [2.45, 2.75) is 20.0 Å². The van der Waals surface area contributed by atoms with Gasteiger partial charge in [-0.15, -0.1) is 0 Å². The number of methoxy groups -OCH3 is 1. The highest BCUT2D eigenvalue weighted by Gasteiger charge is 2.27. The number of carbonyl (C=O) groups excluding carboxylic acids is 1. The van der Waals surface area contributed by atoms with Crippen LogP contribution in [0.4, 0.5) is 5.69 Å². The number of carbonyl (C=O) groups is 1. The summed E-state index contributed by atoms with van der Waals surface area (Å²) in [6.07, 6.45) is 0.233. The fourth-order valence-corrected chi connectivity index (χ4v) is 3.36. The lowest BCUT2D eigenvalue weighted by Gasteiger charge is -2.31. The maximum Gasteiger partial charge on any atom is 0.279 e. The largest absolute Gasteiger partial charge is 0.497 e. The van der Waals surface area contributed by atoms with Crippen molar-refractivity contribution in [1.29, 1.82) is 0 Å². The molecule has 1 aliphatic heterocycles. The van der Waals surface area contributed by atoms with Gasteiger partial charge in [0.25, 0.3) is 5.91 Å². The zero-order valence-corrected chi connectivity index (χ0v) is 15.9. The molecule has 25 heavy (non-hydrogen) atoms. The lowest BCUT2D eigenvalue weighted by atomic mass is 10.1. The molecule has 140 valence electrons. The Hall–Kier alpha value is -1.63. The molecule has 1 fully saturated rings. The second-order valence-corrected chi connectivity index (χ2v) is 7.41. The van der Waals surface area contributed by atoms with E-state index in [1.807, 2.05) is 31.3 Å². The first-order chi connectivity index (χ1) is 12.0. The summed E-state index contributed by atoms with van der Waals surface area (Å²) >= 11 is 0. The highest BCUT2D eigenvalue weighted by molar-refractivity contribution is 5.91. The lowest BCUT2D eigenvalue weighted by Crippen LogP contribution is -3.18. The number of rotatable bonds is 8. The van der Waals surface area contributed by atoms with E-state index in [2.05, 4.69) is 19.2 Å². The molecule has 0 aromatic heterocycles. The van der Waals surface area contributed by atoms with Crippen LogP contribution in [0.3, 0.4) is 0 Å². The van der Waals surface area contributed by atoms with E-state index in [1.54, 1.807) is 12.0 Å². The normalized spacial score (nSPS) is 21.8. The summed E-state index contributed by atoms with van der Waals surface area (Å²) < 4.78 is 11.0. The summed E-state index contributed by atoms with van der Waals surface area (Å²) in [6, 6.07) is 7.38. The van der Waals surface area contributed by atoms with Gasteiger partial charge in [-0.25, -0.2) is 0 Å². The van der Waals surface area contributed by atoms with E-state index in [-0.39, 0.29) is 12.0 Å². The molecule has 2 rings (SSSR count). The topological polar surface area (TPSA) is 56.4 Å². The second kappa shape index (κ2) is 9.75. The third-order valence-electron chi connectivity index (χ3n) is 4.43. The number of quaternary nitrogens is 2. The molecule has 2 unspecified atom stereocenters. The van der Waals surface area contributed by atoms with E-state index in [4.69, 9.17) is 9.47 Å². The van der Waals surface area contributed by atoms with Gasteiger partial charge in [-0.3, -0.25) is 4.79 Å². The summed E-state index contributed by atoms with van der Waals surface area (Å²) in [5, 5.41) is 2.93. The zero-order chi connectivity index (χ0) is 18.2. The average molecular weight is 351 g/mol. The maximum absolute atomic E-state index is 12.2. The van der Waals surface area contributed by atoms with Gasteiger partial charge in [0.2, 0.25) is 0 Å². The molecule has 0 bridgehead atoms. The number of hydrogen-bond acceptors (Lipinski definition) is 3. The SMILES string of the molecule is COc1ccc(NC(=O)C[NH+](C)C[C@@H]2C[NH+](CC(C)C)CCO2)cc1. The van der Waals surface area contributed by atoms with Crippen LogP contribution in [0.1, 0.15) is 13.8 Å². The minimum absolute atomic E-state index is 0.0184. The monoisotopic (exact) mass is 351 g/mol. The summed E-state index contributed by atoms with van der Waals surface area (Å²) in [6.45, 7) is 9.95. The van der Waals surface area contributed by atoms with Crippen LogP contribution < -0.4 is 19.9 Å². The highest BCUT2D eigenvalue weighted by Crippen LogP contribution is 2.14. The minimum atomic E-state index is 0.0184. The first-order valence-electron chi connectivity index (χ1n) is 9.16. The Morgan fingerprint density at radius 1 is 1.40 bits per heavy atom. The molecule has 1 amide bonds. The Kier molecular flexibility index (Phi) is 7.68. The van der Waals surface area contributed by atoms with Gasteiger partial charge in [0.1, 0.15) is 25.4 Å². The summed E-state index contributed by atoms with van der Waals surface area (Å²) in [7, 11) is 3.68. The molecule has 0 radical (unpaired) electrons. The van der Waals surface area contributed by atoms with Crippen molar-refractivity contribution in [3.8, 4) is 5.75 Å². The van der Waals surface area contributed by atoms with E-state index in [0.29, 0.717) is 12.5 Å². The number of benzene rings is 1. The van der Waals surface area contributed by atoms with Crippen LogP contribution in [-0.2, 0) is 9.53 Å². The number of amides is 1. The number of likely N-dealkylation sites (N-methyl/N-ethyl adjacent to an activating group) is 1. The van der Waals surface area contributed by atoms with Gasteiger partial charge in [0, 0.05) is 11.6 Å². The van der Waals surface area contributed by atoms with Crippen molar-refractivity contribution < 1.29 is 24.1 Å². The molecule has 3 atom stereocenters. The van der Waals surface area contributed by atoms with Crippen LogP contribution in [0, 0.1) is 5.92 Å². The molecule has 1 aliphatic rings. The quantitative estimate of drug-likeness (QED) is 0.568. The van der Waals surface area contributed by atoms with E-state index >= 15 is 0 Å². The van der Waals surface area contributed by atoms with Gasteiger partial charge >= 0.3 is 0 Å². The molecule has 6 heteroatoms. The van der Waals surface area contributed by atoms with Crippen molar-refractivity contribution >= 4 is 11.6 Å². The smallest absolute Gasteiger partial charge is 0.279 e. The lowest BCUT2D eigenvalue weighted by molar-refractivity contribution is -0.926. The van der Waals surface area contributed by atoms with Crippen LogP contribution in [0.2, 0.25) is 0 Å². The Morgan fingerprint density at radius 2 is 2.12 bits per heavy atom. The van der Waals surface area contributed by atoms with Gasteiger partial charge in [-0.2, -0.15) is 0 Å². The van der Waals surface area contributed by atoms with Gasteiger partial charge in [0.05, 0.1) is 27.3 Å². The molecule has 1 saturated heterocycles. The molecular weight excluding hydrogens is 318 g/mol. The third-order valence-corrected chi connectivity index (χ3v) is 4.43. The molecule has 0 spiro atoms. The standard InChI is InChI=1S/C19H31N3O3/c1-15(2)11-22-9-10-25-18(13-22)12-21(3)14-19(23)20-16-5-7-17(24-4)8-6-16/h5-8,15,18H,9-14H2,1-4H3,(H,20,23)/p+2/t18-/m1/s1. The molecule has 0 saturated carbocycles. The summed E-state index contributed by atoms with van der Waals surface area (Å²) in [4.78, 5) is 15.0. The van der Waals surface area contributed by atoms with Gasteiger partial charge in [0.15, 0.2) is 12.6 Å². The fraction of sp³-hybridized carbons (Fsp3) is 0.632. The number of anilines is 1. The van der Waals surface area contributed by atoms with Crippen LogP contribution in [0.25, 0.3) is 0 Å². The first kappa shape index (κ1) is 19.7. The Bertz CT molecular complexity index is 533. The molecule has 1 heterocycles. The Morgan fingerprint density at radius 3 is 2.76 bits per heavy atom. The van der Waals surface area contributed by atoms with Crippen molar-refractivity contribution in [2.75, 3.05) is 58.8 Å². The van der Waals surface area contributed by atoms with E-state index in [0.717, 1.165) is 37.7 Å². The van der Waals surface area contributed by atoms with Crippen LogP contribution in [-0.4, -0.2) is 65.5 Å². The van der Waals surface area contributed by atoms with Gasteiger partial charge in [-0.05, 0) is 24.3 Å². The van der Waals surface area contributed by atoms with E-state index < -0.39 is 0 Å². The number of morpholine rings is 1. The number of hydrogen-bond donors (Lipinski definition) is 3. The molecule has 1 aromatic carbocycles. The first-order valence-corrected chi connectivity index (χ1v) is 9.16. The summed E-state index contributed by atoms with van der Waals surface area (Å²) in [5.74, 6) is 1.50. The number of ether oxygens (including phenoxy) is 2. The molecule has 1 aromatic rings. The predicted molar refractivity (Wildman–Crippen MR) is 98.4 cm³/mol. The second-order valence-electron chi connectivity index (χ2n) is 7.41. The third kappa shape index (κ3) is 7.02.